The van der Waals surface area contributed by atoms with E-state index in [2.05, 4.69) is 45.2 Å². The molecule has 0 bridgehead atoms. The Labute approximate surface area is 236 Å². The van der Waals surface area contributed by atoms with Crippen molar-refractivity contribution in [1.82, 2.24) is 0 Å². The number of rotatable bonds is 10. The molecule has 0 fully saturated rings. The number of ketones is 1. The number of carbonyl (C=O) groups is 3. The molecule has 186 valence electrons. The molecule has 0 unspecified atom stereocenters. The molecule has 10 heteroatoms. The summed E-state index contributed by atoms with van der Waals surface area (Å²) >= 11 is 5.33. The van der Waals surface area contributed by atoms with Gasteiger partial charge in [0.15, 0.2) is 5.78 Å². The van der Waals surface area contributed by atoms with Crippen molar-refractivity contribution < 1.29 is 28.6 Å². The van der Waals surface area contributed by atoms with E-state index >= 15 is 0 Å². The predicted molar refractivity (Wildman–Crippen MR) is 151 cm³/mol. The van der Waals surface area contributed by atoms with Crippen LogP contribution >= 0.6 is 56.5 Å². The Morgan fingerprint density at radius 1 is 1.09 bits per heavy atom. The number of Topliss-reactive ketones (excluding diaryl/α,β-unsaturated/α-hetero) is 1. The first-order chi connectivity index (χ1) is 16.5. The average molecular weight is 721 g/mol. The average Bonchev–Trinajstić information content (AvgIpc) is 3.10. The van der Waals surface area contributed by atoms with Crippen molar-refractivity contribution in [2.45, 2.75) is 47.1 Å². The molecule has 2 rings (SSSR count). The van der Waals surface area contributed by atoms with E-state index in [-0.39, 0.29) is 41.8 Å². The Kier molecular flexibility index (Phi) is 11.2. The lowest BCUT2D eigenvalue weighted by Gasteiger charge is -2.14. The second-order valence-electron chi connectivity index (χ2n) is 7.55. The van der Waals surface area contributed by atoms with Gasteiger partial charge in [0.1, 0.15) is 16.7 Å². The normalized spacial score (nSPS) is 11.2. The summed E-state index contributed by atoms with van der Waals surface area (Å²) in [7, 11) is 0. The summed E-state index contributed by atoms with van der Waals surface area (Å²) < 4.78 is 17.8. The van der Waals surface area contributed by atoms with Gasteiger partial charge in [-0.25, -0.2) is 9.59 Å². The summed E-state index contributed by atoms with van der Waals surface area (Å²) in [5, 5.41) is 9.70. The summed E-state index contributed by atoms with van der Waals surface area (Å²) in [6.45, 7) is 9.19. The van der Waals surface area contributed by atoms with Crippen LogP contribution in [0.2, 0.25) is 0 Å². The third-order valence-corrected chi connectivity index (χ3v) is 7.46. The summed E-state index contributed by atoms with van der Waals surface area (Å²) in [6.07, 6.45) is 1.31. The fourth-order valence-electron chi connectivity index (χ4n) is 3.15. The molecule has 0 amide bonds. The second kappa shape index (κ2) is 13.4. The third kappa shape index (κ3) is 7.50. The number of thiophene rings is 1. The van der Waals surface area contributed by atoms with Gasteiger partial charge < -0.3 is 14.2 Å². The quantitative estimate of drug-likeness (QED) is 0.126. The van der Waals surface area contributed by atoms with Crippen LogP contribution in [0.15, 0.2) is 17.7 Å². The monoisotopic (exact) mass is 721 g/mol. The lowest BCUT2D eigenvalue weighted by atomic mass is 10.0. The van der Waals surface area contributed by atoms with Gasteiger partial charge in [0.05, 0.1) is 37.6 Å². The number of allylic oxidation sites excluding steroid dienone is 1. The molecular weight excluding hydrogens is 696 g/mol. The number of hydrogen-bond donors (Lipinski definition) is 0. The highest BCUT2D eigenvalue weighted by molar-refractivity contribution is 14.1. The lowest BCUT2D eigenvalue weighted by Crippen LogP contribution is -2.12. The van der Waals surface area contributed by atoms with Crippen LogP contribution in [0.1, 0.15) is 63.7 Å². The first-order valence-electron chi connectivity index (χ1n) is 10.8. The van der Waals surface area contributed by atoms with Crippen LogP contribution in [0.3, 0.4) is 0 Å². The van der Waals surface area contributed by atoms with E-state index in [0.717, 1.165) is 24.2 Å². The standard InChI is InChI=1S/C25H25I2NO6S/c1-6-32-24(30)21-14(5)23(25(31)33-7-2)35-20(21)11-19(29)16(12-28)8-15-9-17(26)22(18(27)10-15)34-13(3)4/h8-10,13H,6-7,11H2,1-5H3. The predicted octanol–water partition coefficient (Wildman–Crippen LogP) is 6.13. The van der Waals surface area contributed by atoms with Gasteiger partial charge in [-0.05, 0) is 109 Å². The number of hydrogen-bond acceptors (Lipinski definition) is 8. The van der Waals surface area contributed by atoms with Gasteiger partial charge in [0, 0.05) is 11.3 Å². The highest BCUT2D eigenvalue weighted by Gasteiger charge is 2.28. The zero-order valence-electron chi connectivity index (χ0n) is 20.0. The third-order valence-electron chi connectivity index (χ3n) is 4.59. The van der Waals surface area contributed by atoms with Crippen LogP contribution in [-0.2, 0) is 20.7 Å². The molecular formula is C25H25I2NO6S. The Hall–Kier alpha value is -1.98. The van der Waals surface area contributed by atoms with Crippen molar-refractivity contribution in [1.29, 1.82) is 5.26 Å². The van der Waals surface area contributed by atoms with Crippen LogP contribution in [0.5, 0.6) is 5.75 Å². The zero-order valence-corrected chi connectivity index (χ0v) is 25.1. The molecule has 0 atom stereocenters. The van der Waals surface area contributed by atoms with E-state index in [1.807, 2.05) is 32.0 Å². The molecule has 0 saturated heterocycles. The first kappa shape index (κ1) is 29.3. The van der Waals surface area contributed by atoms with Gasteiger partial charge in [-0.15, -0.1) is 11.3 Å². The van der Waals surface area contributed by atoms with Crippen LogP contribution < -0.4 is 4.74 Å². The maximum absolute atomic E-state index is 13.1. The van der Waals surface area contributed by atoms with Gasteiger partial charge >= 0.3 is 11.9 Å². The largest absolute Gasteiger partial charge is 0.489 e. The topological polar surface area (TPSA) is 103 Å². The maximum atomic E-state index is 13.1. The molecule has 1 aromatic carbocycles. The van der Waals surface area contributed by atoms with Crippen molar-refractivity contribution in [2.75, 3.05) is 13.2 Å². The summed E-state index contributed by atoms with van der Waals surface area (Å²) in [6, 6.07) is 5.64. The van der Waals surface area contributed by atoms with Crippen LogP contribution in [0.25, 0.3) is 6.08 Å². The molecule has 0 spiro atoms. The molecule has 1 aromatic heterocycles. The summed E-state index contributed by atoms with van der Waals surface area (Å²) in [4.78, 5) is 38.7. The van der Waals surface area contributed by atoms with Crippen molar-refractivity contribution in [3.05, 3.63) is 51.3 Å². The van der Waals surface area contributed by atoms with Gasteiger partial charge in [0.25, 0.3) is 0 Å². The van der Waals surface area contributed by atoms with Gasteiger partial charge in [-0.3, -0.25) is 4.79 Å². The number of benzene rings is 1. The maximum Gasteiger partial charge on any atom is 0.348 e. The van der Waals surface area contributed by atoms with Gasteiger partial charge in [-0.2, -0.15) is 5.26 Å². The number of esters is 2. The van der Waals surface area contributed by atoms with E-state index in [0.29, 0.717) is 16.0 Å². The van der Waals surface area contributed by atoms with E-state index < -0.39 is 17.7 Å². The smallest absolute Gasteiger partial charge is 0.348 e. The van der Waals surface area contributed by atoms with Gasteiger partial charge in [0.2, 0.25) is 0 Å². The van der Waals surface area contributed by atoms with E-state index in [4.69, 9.17) is 14.2 Å². The first-order valence-corrected chi connectivity index (χ1v) is 13.8. The zero-order chi connectivity index (χ0) is 26.3. The molecule has 0 N–H and O–H groups in total. The Bertz CT molecular complexity index is 1190. The minimum Gasteiger partial charge on any atom is -0.489 e. The summed E-state index contributed by atoms with van der Waals surface area (Å²) in [5.74, 6) is -0.903. The van der Waals surface area contributed by atoms with Crippen molar-refractivity contribution in [3.63, 3.8) is 0 Å². The Morgan fingerprint density at radius 2 is 1.66 bits per heavy atom. The van der Waals surface area contributed by atoms with E-state index in [1.54, 1.807) is 20.8 Å². The number of nitrogens with zero attached hydrogens (tertiary/aromatic N) is 1. The van der Waals surface area contributed by atoms with Crippen LogP contribution in [0, 0.1) is 25.4 Å². The van der Waals surface area contributed by atoms with Gasteiger partial charge in [-0.1, -0.05) is 0 Å². The molecule has 2 aromatic rings. The molecule has 0 saturated carbocycles. The highest BCUT2D eigenvalue weighted by atomic mass is 127. The minimum absolute atomic E-state index is 0.0111. The molecule has 0 aliphatic rings. The number of nitriles is 1. The minimum atomic E-state index is -0.619. The molecule has 0 aliphatic heterocycles. The number of carbonyl (C=O) groups excluding carboxylic acids is 3. The molecule has 7 nitrogen and oxygen atoms in total. The highest BCUT2D eigenvalue weighted by Crippen LogP contribution is 2.32. The van der Waals surface area contributed by atoms with Crippen LogP contribution in [-0.4, -0.2) is 37.0 Å². The molecule has 0 radical (unpaired) electrons. The summed E-state index contributed by atoms with van der Waals surface area (Å²) in [5.41, 5.74) is 1.19. The van der Waals surface area contributed by atoms with Crippen LogP contribution in [0.4, 0.5) is 0 Å². The van der Waals surface area contributed by atoms with Crippen molar-refractivity contribution in [3.8, 4) is 11.8 Å². The van der Waals surface area contributed by atoms with Crippen molar-refractivity contribution >= 4 is 80.3 Å². The van der Waals surface area contributed by atoms with E-state index in [1.165, 1.54) is 6.08 Å². The Balaban J connectivity index is 2.44. The fourth-order valence-corrected chi connectivity index (χ4v) is 6.41. The lowest BCUT2D eigenvalue weighted by molar-refractivity contribution is -0.114. The van der Waals surface area contributed by atoms with E-state index in [9.17, 15) is 19.6 Å². The molecule has 0 aliphatic carbocycles. The fraction of sp³-hybridized carbons (Fsp3) is 0.360. The number of halogens is 2. The SMILES string of the molecule is CCOC(=O)c1sc(CC(=O)C(C#N)=Cc2cc(I)c(OC(C)C)c(I)c2)c(C(=O)OCC)c1C. The second-order valence-corrected chi connectivity index (χ2v) is 11.0. The molecule has 35 heavy (non-hydrogen) atoms. The number of ether oxygens (including phenoxy) is 3. The molecule has 1 heterocycles. The van der Waals surface area contributed by atoms with Crippen molar-refractivity contribution in [2.24, 2.45) is 0 Å². The Morgan fingerprint density at radius 3 is 2.17 bits per heavy atom.